The number of hydrogen-bond donors (Lipinski definition) is 1. The Labute approximate surface area is 135 Å². The van der Waals surface area contributed by atoms with Crippen molar-refractivity contribution in [1.29, 1.82) is 0 Å². The van der Waals surface area contributed by atoms with E-state index in [2.05, 4.69) is 51.7 Å². The monoisotopic (exact) mass is 359 g/mol. The summed E-state index contributed by atoms with van der Waals surface area (Å²) < 4.78 is 3.11. The number of benzene rings is 1. The maximum Gasteiger partial charge on any atom is 0.133 e. The molecule has 5 heteroatoms. The van der Waals surface area contributed by atoms with Crippen LogP contribution >= 0.6 is 27.3 Å². The molecule has 3 aromatic rings. The number of nitrogens with zero attached hydrogens (tertiary/aromatic N) is 2. The predicted octanol–water partition coefficient (Wildman–Crippen LogP) is 4.64. The van der Waals surface area contributed by atoms with E-state index >= 15 is 0 Å². The van der Waals surface area contributed by atoms with Gasteiger partial charge in [-0.1, -0.05) is 15.9 Å². The average molecular weight is 360 g/mol. The van der Waals surface area contributed by atoms with E-state index in [0.29, 0.717) is 0 Å². The highest BCUT2D eigenvalue weighted by molar-refractivity contribution is 9.10. The Balaban J connectivity index is 1.88. The summed E-state index contributed by atoms with van der Waals surface area (Å²) in [6.45, 7) is 3.12. The van der Waals surface area contributed by atoms with E-state index in [1.54, 1.807) is 11.3 Å². The van der Waals surface area contributed by atoms with Crippen molar-refractivity contribution in [2.24, 2.45) is 0 Å². The Hall–Kier alpha value is -1.59. The van der Waals surface area contributed by atoms with Gasteiger partial charge in [0, 0.05) is 16.6 Å². The van der Waals surface area contributed by atoms with Gasteiger partial charge < -0.3 is 5.32 Å². The number of anilines is 1. The number of nitrogens with one attached hydrogen (secondary N) is 1. The number of aromatic nitrogens is 2. The largest absolute Gasteiger partial charge is 0.369 e. The molecule has 0 bridgehead atoms. The molecule has 1 aliphatic heterocycles. The fourth-order valence-corrected chi connectivity index (χ4v) is 3.87. The van der Waals surface area contributed by atoms with Crippen LogP contribution in [0.25, 0.3) is 16.3 Å². The SMILES string of the molecule is Cc1csc(-c2nn(-c3ccc(Br)cc3)c3c2CCN3)c1. The van der Waals surface area contributed by atoms with Gasteiger partial charge in [-0.3, -0.25) is 0 Å². The molecule has 0 fully saturated rings. The highest BCUT2D eigenvalue weighted by Gasteiger charge is 2.24. The van der Waals surface area contributed by atoms with Gasteiger partial charge in [-0.2, -0.15) is 5.10 Å². The number of thiophene rings is 1. The minimum absolute atomic E-state index is 0.987. The molecule has 0 saturated carbocycles. The van der Waals surface area contributed by atoms with Crippen molar-refractivity contribution in [2.45, 2.75) is 13.3 Å². The molecule has 0 aliphatic carbocycles. The van der Waals surface area contributed by atoms with Crippen LogP contribution in [0.1, 0.15) is 11.1 Å². The zero-order valence-electron chi connectivity index (χ0n) is 11.6. The van der Waals surface area contributed by atoms with Crippen LogP contribution in [0.3, 0.4) is 0 Å². The average Bonchev–Trinajstić information content (AvgIpc) is 3.15. The Morgan fingerprint density at radius 3 is 2.81 bits per heavy atom. The Morgan fingerprint density at radius 1 is 1.29 bits per heavy atom. The lowest BCUT2D eigenvalue weighted by Gasteiger charge is -2.06. The third kappa shape index (κ3) is 2.21. The topological polar surface area (TPSA) is 29.9 Å². The van der Waals surface area contributed by atoms with Crippen LogP contribution in [-0.2, 0) is 6.42 Å². The van der Waals surface area contributed by atoms with Crippen LogP contribution in [0.4, 0.5) is 5.82 Å². The summed E-state index contributed by atoms with van der Waals surface area (Å²) in [7, 11) is 0. The second-order valence-corrected chi connectivity index (χ2v) is 7.06. The zero-order chi connectivity index (χ0) is 14.4. The molecule has 3 heterocycles. The van der Waals surface area contributed by atoms with Crippen molar-refractivity contribution in [1.82, 2.24) is 9.78 Å². The smallest absolute Gasteiger partial charge is 0.133 e. The molecule has 0 radical (unpaired) electrons. The molecule has 3 nitrogen and oxygen atoms in total. The van der Waals surface area contributed by atoms with Crippen molar-refractivity contribution in [3.63, 3.8) is 0 Å². The summed E-state index contributed by atoms with van der Waals surface area (Å²) in [5.74, 6) is 1.14. The van der Waals surface area contributed by atoms with Crippen LogP contribution in [0, 0.1) is 6.92 Å². The molecule has 106 valence electrons. The van der Waals surface area contributed by atoms with Gasteiger partial charge in [0.1, 0.15) is 11.5 Å². The molecule has 0 atom stereocenters. The van der Waals surface area contributed by atoms with E-state index in [1.807, 2.05) is 16.8 Å². The number of fused-ring (bicyclic) bond motifs is 1. The molecule has 4 rings (SSSR count). The lowest BCUT2D eigenvalue weighted by atomic mass is 10.1. The summed E-state index contributed by atoms with van der Waals surface area (Å²) in [5, 5.41) is 10.5. The van der Waals surface area contributed by atoms with Gasteiger partial charge in [0.2, 0.25) is 0 Å². The van der Waals surface area contributed by atoms with E-state index < -0.39 is 0 Å². The Bertz CT molecular complexity index is 802. The van der Waals surface area contributed by atoms with Crippen molar-refractivity contribution in [3.8, 4) is 16.3 Å². The van der Waals surface area contributed by atoms with Crippen LogP contribution in [0.5, 0.6) is 0 Å². The minimum Gasteiger partial charge on any atom is -0.369 e. The van der Waals surface area contributed by atoms with E-state index in [9.17, 15) is 0 Å². The third-order valence-corrected chi connectivity index (χ3v) is 5.27. The molecule has 2 aromatic heterocycles. The highest BCUT2D eigenvalue weighted by atomic mass is 79.9. The molecular weight excluding hydrogens is 346 g/mol. The van der Waals surface area contributed by atoms with Crippen LogP contribution in [-0.4, -0.2) is 16.3 Å². The van der Waals surface area contributed by atoms with Crippen LogP contribution < -0.4 is 5.32 Å². The van der Waals surface area contributed by atoms with E-state index in [1.165, 1.54) is 16.0 Å². The number of halogens is 1. The summed E-state index contributed by atoms with van der Waals surface area (Å²) >= 11 is 5.25. The molecule has 0 saturated heterocycles. The minimum atomic E-state index is 0.987. The molecular formula is C16H14BrN3S. The van der Waals surface area contributed by atoms with Crippen molar-refractivity contribution in [2.75, 3.05) is 11.9 Å². The molecule has 21 heavy (non-hydrogen) atoms. The quantitative estimate of drug-likeness (QED) is 0.722. The van der Waals surface area contributed by atoms with Gasteiger partial charge in [0.25, 0.3) is 0 Å². The third-order valence-electron chi connectivity index (χ3n) is 3.69. The maximum absolute atomic E-state index is 4.86. The van der Waals surface area contributed by atoms with Gasteiger partial charge >= 0.3 is 0 Å². The Morgan fingerprint density at radius 2 is 2.10 bits per heavy atom. The molecule has 1 aromatic carbocycles. The molecule has 0 spiro atoms. The van der Waals surface area contributed by atoms with Gasteiger partial charge in [-0.15, -0.1) is 11.3 Å². The highest BCUT2D eigenvalue weighted by Crippen LogP contribution is 2.37. The summed E-state index contributed by atoms with van der Waals surface area (Å²) in [6, 6.07) is 10.5. The molecule has 0 amide bonds. The number of aryl methyl sites for hydroxylation is 1. The van der Waals surface area contributed by atoms with Crippen molar-refractivity contribution < 1.29 is 0 Å². The standard InChI is InChI=1S/C16H14BrN3S/c1-10-8-14(21-9-10)15-13-6-7-18-16(13)20(19-15)12-4-2-11(17)3-5-12/h2-5,8-9,18H,6-7H2,1H3. The van der Waals surface area contributed by atoms with Gasteiger partial charge in [0.05, 0.1) is 10.6 Å². The lowest BCUT2D eigenvalue weighted by molar-refractivity contribution is 0.883. The molecule has 1 aliphatic rings. The maximum atomic E-state index is 4.86. The van der Waals surface area contributed by atoms with Crippen molar-refractivity contribution in [3.05, 3.63) is 51.3 Å². The molecule has 0 unspecified atom stereocenters. The Kier molecular flexibility index (Phi) is 3.12. The first-order valence-electron chi connectivity index (χ1n) is 6.89. The molecule has 1 N–H and O–H groups in total. The van der Waals surface area contributed by atoms with E-state index in [-0.39, 0.29) is 0 Å². The van der Waals surface area contributed by atoms with Crippen LogP contribution in [0.15, 0.2) is 40.2 Å². The van der Waals surface area contributed by atoms with E-state index in [4.69, 9.17) is 5.10 Å². The fourth-order valence-electron chi connectivity index (χ4n) is 2.70. The summed E-state index contributed by atoms with van der Waals surface area (Å²) in [4.78, 5) is 1.25. The predicted molar refractivity (Wildman–Crippen MR) is 91.5 cm³/mol. The lowest BCUT2D eigenvalue weighted by Crippen LogP contribution is -2.04. The van der Waals surface area contributed by atoms with Crippen molar-refractivity contribution >= 4 is 33.1 Å². The first-order valence-corrected chi connectivity index (χ1v) is 8.57. The zero-order valence-corrected chi connectivity index (χ0v) is 14.0. The summed E-state index contributed by atoms with van der Waals surface area (Å²) in [5.41, 5.74) is 4.84. The van der Waals surface area contributed by atoms with E-state index in [0.717, 1.165) is 34.6 Å². The second kappa shape index (κ2) is 5.00. The fraction of sp³-hybridized carbons (Fsp3) is 0.188. The van der Waals surface area contributed by atoms with Gasteiger partial charge in [0.15, 0.2) is 0 Å². The van der Waals surface area contributed by atoms with Crippen LogP contribution in [0.2, 0.25) is 0 Å². The second-order valence-electron chi connectivity index (χ2n) is 5.23. The van der Waals surface area contributed by atoms with Gasteiger partial charge in [-0.05, 0) is 54.6 Å². The number of rotatable bonds is 2. The van der Waals surface area contributed by atoms with Gasteiger partial charge in [-0.25, -0.2) is 4.68 Å². The first kappa shape index (κ1) is 13.1. The normalized spacial score (nSPS) is 13.2. The summed E-state index contributed by atoms with van der Waals surface area (Å²) in [6.07, 6.45) is 1.04. The first-order chi connectivity index (χ1) is 10.2. The number of hydrogen-bond acceptors (Lipinski definition) is 3.